The zero-order valence-corrected chi connectivity index (χ0v) is 13.1. The van der Waals surface area contributed by atoms with Gasteiger partial charge in [0.2, 0.25) is 0 Å². The number of nitrogens with two attached hydrogens (primary N) is 1. The predicted octanol–water partition coefficient (Wildman–Crippen LogP) is 1.67. The van der Waals surface area contributed by atoms with E-state index >= 15 is 0 Å². The van der Waals surface area contributed by atoms with Gasteiger partial charge in [0.05, 0.1) is 6.07 Å². The van der Waals surface area contributed by atoms with Gasteiger partial charge >= 0.3 is 0 Å². The van der Waals surface area contributed by atoms with E-state index < -0.39 is 5.54 Å². The molecule has 0 aromatic heterocycles. The van der Waals surface area contributed by atoms with Crippen LogP contribution in [0.15, 0.2) is 0 Å². The molecule has 2 fully saturated rings. The van der Waals surface area contributed by atoms with E-state index in [4.69, 9.17) is 5.73 Å². The van der Waals surface area contributed by atoms with E-state index in [1.54, 1.807) is 0 Å². The molecule has 20 heavy (non-hydrogen) atoms. The Bertz CT molecular complexity index is 343. The van der Waals surface area contributed by atoms with Gasteiger partial charge in [0.1, 0.15) is 5.54 Å². The number of hydrogen-bond acceptors (Lipinski definition) is 4. The lowest BCUT2D eigenvalue weighted by Crippen LogP contribution is -2.43. The Morgan fingerprint density at radius 1 is 1.35 bits per heavy atom. The first-order valence-corrected chi connectivity index (χ1v) is 8.11. The zero-order chi connectivity index (χ0) is 14.6. The largest absolute Gasteiger partial charge is 0.313 e. The molecule has 114 valence electrons. The molecular formula is C16H30N4. The first-order valence-electron chi connectivity index (χ1n) is 8.11. The van der Waals surface area contributed by atoms with Gasteiger partial charge in [-0.1, -0.05) is 6.42 Å². The minimum Gasteiger partial charge on any atom is -0.313 e. The number of nitrogens with zero attached hydrogens (tertiary/aromatic N) is 3. The van der Waals surface area contributed by atoms with Gasteiger partial charge in [-0.25, -0.2) is 0 Å². The Morgan fingerprint density at radius 3 is 2.70 bits per heavy atom. The molecule has 4 nitrogen and oxygen atoms in total. The highest BCUT2D eigenvalue weighted by atomic mass is 15.1. The summed E-state index contributed by atoms with van der Waals surface area (Å²) < 4.78 is 0. The molecule has 0 radical (unpaired) electrons. The number of nitriles is 1. The van der Waals surface area contributed by atoms with Crippen LogP contribution in [0.25, 0.3) is 0 Å². The van der Waals surface area contributed by atoms with Crippen molar-refractivity contribution in [3.8, 4) is 6.07 Å². The van der Waals surface area contributed by atoms with Gasteiger partial charge < -0.3 is 15.5 Å². The van der Waals surface area contributed by atoms with Gasteiger partial charge in [0.25, 0.3) is 0 Å². The van der Waals surface area contributed by atoms with Crippen LogP contribution in [0.3, 0.4) is 0 Å². The lowest BCUT2D eigenvalue weighted by molar-refractivity contribution is 0.169. The Balaban J connectivity index is 1.70. The number of piperidine rings is 1. The van der Waals surface area contributed by atoms with Crippen LogP contribution in [0, 0.1) is 23.2 Å². The second-order valence-electron chi connectivity index (χ2n) is 7.04. The molecule has 0 aromatic rings. The van der Waals surface area contributed by atoms with Gasteiger partial charge in [0.15, 0.2) is 0 Å². The molecular weight excluding hydrogens is 248 g/mol. The predicted molar refractivity (Wildman–Crippen MR) is 82.2 cm³/mol. The summed E-state index contributed by atoms with van der Waals surface area (Å²) >= 11 is 0. The van der Waals surface area contributed by atoms with Crippen molar-refractivity contribution >= 4 is 0 Å². The lowest BCUT2D eigenvalue weighted by atomic mass is 9.87. The maximum atomic E-state index is 9.25. The molecule has 2 aliphatic rings. The van der Waals surface area contributed by atoms with Crippen molar-refractivity contribution in [2.24, 2.45) is 17.6 Å². The maximum Gasteiger partial charge on any atom is 0.107 e. The third kappa shape index (κ3) is 3.94. The smallest absolute Gasteiger partial charge is 0.107 e. The molecule has 1 saturated carbocycles. The van der Waals surface area contributed by atoms with Crippen molar-refractivity contribution in [2.45, 2.75) is 44.1 Å². The molecule has 1 aliphatic carbocycles. The Hall–Kier alpha value is -0.630. The van der Waals surface area contributed by atoms with E-state index in [1.807, 2.05) is 0 Å². The Labute approximate surface area is 123 Å². The molecule has 4 heteroatoms. The van der Waals surface area contributed by atoms with Crippen LogP contribution in [-0.4, -0.2) is 55.6 Å². The summed E-state index contributed by atoms with van der Waals surface area (Å²) in [6.45, 7) is 4.76. The second kappa shape index (κ2) is 6.89. The maximum absolute atomic E-state index is 9.25. The van der Waals surface area contributed by atoms with Crippen molar-refractivity contribution in [3.05, 3.63) is 0 Å². The molecule has 0 spiro atoms. The Kier molecular flexibility index (Phi) is 5.42. The summed E-state index contributed by atoms with van der Waals surface area (Å²) in [4.78, 5) is 4.87. The van der Waals surface area contributed by atoms with Crippen molar-refractivity contribution in [2.75, 3.05) is 40.3 Å². The second-order valence-corrected chi connectivity index (χ2v) is 7.04. The van der Waals surface area contributed by atoms with Crippen molar-refractivity contribution in [3.63, 3.8) is 0 Å². The summed E-state index contributed by atoms with van der Waals surface area (Å²) in [7, 11) is 4.43. The molecule has 1 saturated heterocycles. The van der Waals surface area contributed by atoms with Crippen LogP contribution in [0.2, 0.25) is 0 Å². The molecule has 0 amide bonds. The van der Waals surface area contributed by atoms with Gasteiger partial charge in [-0.15, -0.1) is 0 Å². The minimum atomic E-state index is -0.547. The minimum absolute atomic E-state index is 0.396. The monoisotopic (exact) mass is 278 g/mol. The van der Waals surface area contributed by atoms with Crippen LogP contribution in [0.5, 0.6) is 0 Å². The van der Waals surface area contributed by atoms with Crippen molar-refractivity contribution in [1.29, 1.82) is 5.26 Å². The molecule has 1 aliphatic heterocycles. The molecule has 2 N–H and O–H groups in total. The van der Waals surface area contributed by atoms with Crippen LogP contribution in [-0.2, 0) is 0 Å². The highest BCUT2D eigenvalue weighted by Crippen LogP contribution is 2.35. The standard InChI is InChI=1S/C16H30N4/c1-19-9-5-14(6-10-19)12-20(2)11-7-15-4-3-8-16(15,18)13-17/h14-15H,3-12,18H2,1-2H3. The summed E-state index contributed by atoms with van der Waals surface area (Å²) in [5.74, 6) is 1.24. The molecule has 1 heterocycles. The molecule has 2 atom stereocenters. The Morgan fingerprint density at radius 2 is 2.05 bits per heavy atom. The average molecular weight is 278 g/mol. The highest BCUT2D eigenvalue weighted by Gasteiger charge is 2.39. The van der Waals surface area contributed by atoms with E-state index in [1.165, 1.54) is 32.5 Å². The van der Waals surface area contributed by atoms with E-state index in [9.17, 15) is 5.26 Å². The normalized spacial score (nSPS) is 32.6. The molecule has 2 unspecified atom stereocenters. The quantitative estimate of drug-likeness (QED) is 0.831. The first-order chi connectivity index (χ1) is 9.53. The fraction of sp³-hybridized carbons (Fsp3) is 0.938. The highest BCUT2D eigenvalue weighted by molar-refractivity contribution is 5.11. The van der Waals surface area contributed by atoms with Crippen LogP contribution in [0.1, 0.15) is 38.5 Å². The van der Waals surface area contributed by atoms with Gasteiger partial charge in [-0.3, -0.25) is 0 Å². The fourth-order valence-electron chi connectivity index (χ4n) is 3.80. The molecule has 0 bridgehead atoms. The molecule has 2 rings (SSSR count). The number of rotatable bonds is 5. The van der Waals surface area contributed by atoms with Gasteiger partial charge in [-0.2, -0.15) is 5.26 Å². The van der Waals surface area contributed by atoms with E-state index in [0.29, 0.717) is 5.92 Å². The third-order valence-electron chi connectivity index (χ3n) is 5.35. The number of likely N-dealkylation sites (tertiary alicyclic amines) is 1. The van der Waals surface area contributed by atoms with Crippen LogP contribution in [0.4, 0.5) is 0 Å². The summed E-state index contributed by atoms with van der Waals surface area (Å²) in [6, 6.07) is 2.35. The van der Waals surface area contributed by atoms with Crippen molar-refractivity contribution in [1.82, 2.24) is 9.80 Å². The first kappa shape index (κ1) is 15.8. The summed E-state index contributed by atoms with van der Waals surface area (Å²) in [5, 5.41) is 9.25. The summed E-state index contributed by atoms with van der Waals surface area (Å²) in [5.41, 5.74) is 5.66. The lowest BCUT2D eigenvalue weighted by Gasteiger charge is -2.32. The zero-order valence-electron chi connectivity index (χ0n) is 13.1. The third-order valence-corrected chi connectivity index (χ3v) is 5.35. The van der Waals surface area contributed by atoms with Crippen molar-refractivity contribution < 1.29 is 0 Å². The summed E-state index contributed by atoms with van der Waals surface area (Å²) in [6.07, 6.45) is 6.85. The van der Waals surface area contributed by atoms with E-state index in [0.717, 1.165) is 38.1 Å². The van der Waals surface area contributed by atoms with E-state index in [2.05, 4.69) is 30.0 Å². The van der Waals surface area contributed by atoms with Crippen LogP contribution >= 0.6 is 0 Å². The van der Waals surface area contributed by atoms with Gasteiger partial charge in [-0.05, 0) is 77.7 Å². The topological polar surface area (TPSA) is 56.3 Å². The average Bonchev–Trinajstić information content (AvgIpc) is 2.81. The number of hydrogen-bond donors (Lipinski definition) is 1. The SMILES string of the molecule is CN1CCC(CN(C)CCC2CCCC2(N)C#N)CC1. The fourth-order valence-corrected chi connectivity index (χ4v) is 3.80. The molecule has 0 aromatic carbocycles. The van der Waals surface area contributed by atoms with Gasteiger partial charge in [0, 0.05) is 6.54 Å². The van der Waals surface area contributed by atoms with E-state index in [-0.39, 0.29) is 0 Å². The van der Waals surface area contributed by atoms with Crippen LogP contribution < -0.4 is 5.73 Å².